The molecule has 1 saturated heterocycles. The third-order valence-electron chi connectivity index (χ3n) is 3.81. The highest BCUT2D eigenvalue weighted by Crippen LogP contribution is 2.16. The Morgan fingerprint density at radius 1 is 1.23 bits per heavy atom. The highest BCUT2D eigenvalue weighted by Gasteiger charge is 2.15. The van der Waals surface area contributed by atoms with E-state index < -0.39 is 17.7 Å². The molecule has 0 bridgehead atoms. The van der Waals surface area contributed by atoms with Gasteiger partial charge in [-0.2, -0.15) is 0 Å². The molecule has 2 aromatic rings. The Kier molecular flexibility index (Phi) is 5.57. The van der Waals surface area contributed by atoms with Gasteiger partial charge in [0.2, 0.25) is 0 Å². The van der Waals surface area contributed by atoms with Crippen LogP contribution in [0.2, 0.25) is 0 Å². The van der Waals surface area contributed by atoms with Crippen LogP contribution in [-0.2, 0) is 11.3 Å². The molecule has 3 rings (SSSR count). The van der Waals surface area contributed by atoms with E-state index in [2.05, 4.69) is 25.5 Å². The molecule has 9 heteroatoms. The number of ether oxygens (including phenoxy) is 1. The fourth-order valence-electron chi connectivity index (χ4n) is 2.56. The lowest BCUT2D eigenvalue weighted by molar-refractivity contribution is 0.122. The number of rotatable bonds is 4. The fraction of sp³-hybridized carbons (Fsp3) is 0.353. The van der Waals surface area contributed by atoms with E-state index >= 15 is 0 Å². The lowest BCUT2D eigenvalue weighted by Crippen LogP contribution is -2.37. The summed E-state index contributed by atoms with van der Waals surface area (Å²) in [5.41, 5.74) is 0.538. The predicted molar refractivity (Wildman–Crippen MR) is 92.0 cm³/mol. The Balaban J connectivity index is 1.62. The van der Waals surface area contributed by atoms with Gasteiger partial charge in [0.15, 0.2) is 0 Å². The molecule has 0 radical (unpaired) electrons. The van der Waals surface area contributed by atoms with Gasteiger partial charge < -0.3 is 20.3 Å². The number of carbonyl (C=O) groups excluding carboxylic acids is 1. The Morgan fingerprint density at radius 3 is 2.77 bits per heavy atom. The minimum atomic E-state index is -0.719. The summed E-state index contributed by atoms with van der Waals surface area (Å²) in [4.78, 5) is 22.8. The topological polar surface area (TPSA) is 79.4 Å². The zero-order valence-electron chi connectivity index (χ0n) is 14.3. The first kappa shape index (κ1) is 18.0. The Morgan fingerprint density at radius 2 is 2.00 bits per heavy atom. The SMILES string of the molecule is Cc1cc(N2CCOCC2)nc(CNC(=O)Nc2cc(F)ccc2F)n1. The number of carbonyl (C=O) groups is 1. The molecule has 1 aliphatic rings. The fourth-order valence-corrected chi connectivity index (χ4v) is 2.56. The van der Waals surface area contributed by atoms with E-state index in [1.54, 1.807) is 0 Å². The van der Waals surface area contributed by atoms with Crippen LogP contribution in [0.25, 0.3) is 0 Å². The molecule has 2 heterocycles. The number of benzene rings is 1. The Hall–Kier alpha value is -2.81. The molecule has 1 aliphatic heterocycles. The summed E-state index contributed by atoms with van der Waals surface area (Å²) in [6, 6.07) is 4.04. The normalized spacial score (nSPS) is 14.2. The number of aryl methyl sites for hydroxylation is 1. The Bertz CT molecular complexity index is 797. The standard InChI is InChI=1S/C17H19F2N5O2/c1-11-8-16(24-4-6-26-7-5-24)23-15(21-11)10-20-17(25)22-14-9-12(18)2-3-13(14)19/h2-3,8-9H,4-7,10H2,1H3,(H2,20,22,25). The molecule has 2 N–H and O–H groups in total. The summed E-state index contributed by atoms with van der Waals surface area (Å²) in [6.07, 6.45) is 0. The van der Waals surface area contributed by atoms with Crippen molar-refractivity contribution in [2.45, 2.75) is 13.5 Å². The van der Waals surface area contributed by atoms with Gasteiger partial charge in [0.1, 0.15) is 23.3 Å². The molecule has 26 heavy (non-hydrogen) atoms. The van der Waals surface area contributed by atoms with Crippen LogP contribution in [-0.4, -0.2) is 42.3 Å². The highest BCUT2D eigenvalue weighted by molar-refractivity contribution is 5.89. The number of aromatic nitrogens is 2. The minimum absolute atomic E-state index is 0.0573. The van der Waals surface area contributed by atoms with E-state index in [9.17, 15) is 13.6 Å². The molecule has 0 unspecified atom stereocenters. The van der Waals surface area contributed by atoms with Crippen molar-refractivity contribution in [3.63, 3.8) is 0 Å². The zero-order valence-corrected chi connectivity index (χ0v) is 14.3. The van der Waals surface area contributed by atoms with Crippen molar-refractivity contribution in [1.82, 2.24) is 15.3 Å². The molecule has 138 valence electrons. The summed E-state index contributed by atoms with van der Waals surface area (Å²) in [5, 5.41) is 4.81. The second kappa shape index (κ2) is 8.05. The number of morpholine rings is 1. The van der Waals surface area contributed by atoms with Crippen LogP contribution < -0.4 is 15.5 Å². The minimum Gasteiger partial charge on any atom is -0.378 e. The average Bonchev–Trinajstić information content (AvgIpc) is 2.63. The second-order valence-electron chi connectivity index (χ2n) is 5.82. The van der Waals surface area contributed by atoms with E-state index in [4.69, 9.17) is 4.74 Å². The van der Waals surface area contributed by atoms with Crippen molar-refractivity contribution in [1.29, 1.82) is 0 Å². The van der Waals surface area contributed by atoms with Gasteiger partial charge in [0.05, 0.1) is 25.4 Å². The van der Waals surface area contributed by atoms with Crippen LogP contribution in [0.3, 0.4) is 0 Å². The molecule has 0 aliphatic carbocycles. The summed E-state index contributed by atoms with van der Waals surface area (Å²) in [5.74, 6) is -0.155. The van der Waals surface area contributed by atoms with Crippen molar-refractivity contribution in [2.24, 2.45) is 0 Å². The summed E-state index contributed by atoms with van der Waals surface area (Å²) in [6.45, 7) is 4.65. The Labute approximate surface area is 149 Å². The average molecular weight is 363 g/mol. The smallest absolute Gasteiger partial charge is 0.319 e. The van der Waals surface area contributed by atoms with Gasteiger partial charge in [-0.05, 0) is 19.1 Å². The van der Waals surface area contributed by atoms with E-state index in [1.165, 1.54) is 0 Å². The molecule has 1 aromatic carbocycles. The van der Waals surface area contributed by atoms with Crippen molar-refractivity contribution in [3.05, 3.63) is 47.4 Å². The third-order valence-corrected chi connectivity index (χ3v) is 3.81. The summed E-state index contributed by atoms with van der Waals surface area (Å²) < 4.78 is 32.0. The lowest BCUT2D eigenvalue weighted by atomic mass is 10.3. The number of amides is 2. The van der Waals surface area contributed by atoms with Gasteiger partial charge in [-0.1, -0.05) is 0 Å². The zero-order chi connectivity index (χ0) is 18.5. The summed E-state index contributed by atoms with van der Waals surface area (Å²) in [7, 11) is 0. The van der Waals surface area contributed by atoms with Crippen LogP contribution in [0.4, 0.5) is 25.1 Å². The molecule has 0 atom stereocenters. The number of halogens is 2. The van der Waals surface area contributed by atoms with Gasteiger partial charge in [0.25, 0.3) is 0 Å². The van der Waals surface area contributed by atoms with Crippen LogP contribution in [0.15, 0.2) is 24.3 Å². The largest absolute Gasteiger partial charge is 0.378 e. The van der Waals surface area contributed by atoms with Gasteiger partial charge in [-0.15, -0.1) is 0 Å². The molecule has 0 saturated carbocycles. The molecule has 2 amide bonds. The first-order chi connectivity index (χ1) is 12.5. The van der Waals surface area contributed by atoms with Gasteiger partial charge >= 0.3 is 6.03 Å². The first-order valence-corrected chi connectivity index (χ1v) is 8.18. The second-order valence-corrected chi connectivity index (χ2v) is 5.82. The molecular formula is C17H19F2N5O2. The predicted octanol–water partition coefficient (Wildman–Crippen LogP) is 2.22. The molecule has 7 nitrogen and oxygen atoms in total. The maximum Gasteiger partial charge on any atom is 0.319 e. The number of nitrogens with one attached hydrogen (secondary N) is 2. The van der Waals surface area contributed by atoms with Crippen molar-refractivity contribution in [2.75, 3.05) is 36.5 Å². The quantitative estimate of drug-likeness (QED) is 0.871. The van der Waals surface area contributed by atoms with Crippen molar-refractivity contribution in [3.8, 4) is 0 Å². The third kappa shape index (κ3) is 4.63. The number of hydrogen-bond acceptors (Lipinski definition) is 5. The van der Waals surface area contributed by atoms with Crippen LogP contribution in [0.5, 0.6) is 0 Å². The monoisotopic (exact) mass is 363 g/mol. The van der Waals surface area contributed by atoms with Crippen LogP contribution >= 0.6 is 0 Å². The lowest BCUT2D eigenvalue weighted by Gasteiger charge is -2.28. The number of urea groups is 1. The molecule has 1 fully saturated rings. The maximum absolute atomic E-state index is 13.6. The number of nitrogens with zero attached hydrogens (tertiary/aromatic N) is 3. The van der Waals surface area contributed by atoms with Crippen molar-refractivity contribution < 1.29 is 18.3 Å². The van der Waals surface area contributed by atoms with E-state index in [0.29, 0.717) is 19.0 Å². The molecule has 1 aromatic heterocycles. The summed E-state index contributed by atoms with van der Waals surface area (Å²) >= 11 is 0. The van der Waals surface area contributed by atoms with Crippen LogP contribution in [0.1, 0.15) is 11.5 Å². The highest BCUT2D eigenvalue weighted by atomic mass is 19.1. The molecular weight excluding hydrogens is 344 g/mol. The molecule has 0 spiro atoms. The van der Waals surface area contributed by atoms with Crippen LogP contribution in [0, 0.1) is 18.6 Å². The first-order valence-electron chi connectivity index (χ1n) is 8.18. The van der Waals surface area contributed by atoms with Crippen molar-refractivity contribution >= 4 is 17.5 Å². The van der Waals surface area contributed by atoms with E-state index in [-0.39, 0.29) is 12.2 Å². The number of hydrogen-bond donors (Lipinski definition) is 2. The van der Waals surface area contributed by atoms with Gasteiger partial charge in [-0.3, -0.25) is 0 Å². The van der Waals surface area contributed by atoms with E-state index in [1.807, 2.05) is 13.0 Å². The van der Waals surface area contributed by atoms with E-state index in [0.717, 1.165) is 42.8 Å². The van der Waals surface area contributed by atoms with Gasteiger partial charge in [-0.25, -0.2) is 23.5 Å². The number of anilines is 2. The van der Waals surface area contributed by atoms with Gasteiger partial charge in [0, 0.05) is 30.9 Å². The maximum atomic E-state index is 13.6.